The molecule has 24 valence electrons. The lowest BCUT2D eigenvalue weighted by Gasteiger charge is -1.53. The van der Waals surface area contributed by atoms with E-state index in [-0.39, 0.29) is 0 Å². The lowest BCUT2D eigenvalue weighted by Crippen LogP contribution is -1.42. The van der Waals surface area contributed by atoms with Crippen LogP contribution in [0, 0.1) is 5.92 Å². The Morgan fingerprint density at radius 2 is 2.75 bits per heavy atom. The molecule has 0 saturated heterocycles. The summed E-state index contributed by atoms with van der Waals surface area (Å²) in [6.45, 7) is 0.667. The van der Waals surface area contributed by atoms with Crippen molar-refractivity contribution in [3.63, 3.8) is 0 Å². The van der Waals surface area contributed by atoms with Crippen LogP contribution in [0.1, 0.15) is 21.1 Å². The number of rotatable bonds is 0. The Bertz CT molecular complexity index is 30.6. The zero-order chi connectivity index (χ0) is 3.70. The van der Waals surface area contributed by atoms with E-state index in [1.54, 1.807) is 0 Å². The van der Waals surface area contributed by atoms with Gasteiger partial charge in [0.05, 0.1) is 0 Å². The molecule has 0 N–H and O–H groups in total. The SMILES string of the molecule is [2H]CC1CC1. The van der Waals surface area contributed by atoms with Gasteiger partial charge in [-0.25, -0.2) is 0 Å². The van der Waals surface area contributed by atoms with Crippen LogP contribution < -0.4 is 0 Å². The van der Waals surface area contributed by atoms with Gasteiger partial charge >= 0.3 is 0 Å². The molecule has 1 saturated carbocycles. The normalized spacial score (nSPS) is 29.5. The van der Waals surface area contributed by atoms with Crippen LogP contribution in [0.15, 0.2) is 0 Å². The van der Waals surface area contributed by atoms with E-state index >= 15 is 0 Å². The minimum Gasteiger partial charge on any atom is -0.0625 e. The van der Waals surface area contributed by atoms with E-state index in [2.05, 4.69) is 0 Å². The maximum atomic E-state index is 6.72. The van der Waals surface area contributed by atoms with Crippen molar-refractivity contribution in [3.8, 4) is 0 Å². The number of hydrogen-bond donors (Lipinski definition) is 0. The molecule has 1 rings (SSSR count). The van der Waals surface area contributed by atoms with Crippen LogP contribution in [-0.4, -0.2) is 0 Å². The van der Waals surface area contributed by atoms with Crippen LogP contribution in [0.25, 0.3) is 0 Å². The first-order valence-electron chi connectivity index (χ1n) is 2.43. The van der Waals surface area contributed by atoms with Gasteiger partial charge < -0.3 is 0 Å². The highest BCUT2D eigenvalue weighted by Crippen LogP contribution is 2.26. The van der Waals surface area contributed by atoms with E-state index in [1.165, 1.54) is 12.8 Å². The average Bonchev–Trinajstić information content (AvgIpc) is 2.12. The molecule has 4 heavy (non-hydrogen) atoms. The van der Waals surface area contributed by atoms with Gasteiger partial charge in [-0.15, -0.1) is 0 Å². The molecule has 0 atom stereocenters. The summed E-state index contributed by atoms with van der Waals surface area (Å²) < 4.78 is 6.72. The van der Waals surface area contributed by atoms with Gasteiger partial charge in [-0.1, -0.05) is 19.7 Å². The molecule has 0 aromatic rings. The van der Waals surface area contributed by atoms with Gasteiger partial charge in [-0.05, 0) is 5.92 Å². The molecule has 0 radical (unpaired) electrons. The summed E-state index contributed by atoms with van der Waals surface area (Å²) in [6, 6.07) is 0. The summed E-state index contributed by atoms with van der Waals surface area (Å²) >= 11 is 0. The van der Waals surface area contributed by atoms with Gasteiger partial charge in [0.1, 0.15) is 0 Å². The second-order valence-corrected chi connectivity index (χ2v) is 1.44. The maximum Gasteiger partial charge on any atom is 0.0233 e. The summed E-state index contributed by atoms with van der Waals surface area (Å²) in [5.41, 5.74) is 0. The average molecular weight is 57.1 g/mol. The Morgan fingerprint density at radius 3 is 2.75 bits per heavy atom. The van der Waals surface area contributed by atoms with Crippen LogP contribution in [-0.2, 0) is 0 Å². The monoisotopic (exact) mass is 57.1 g/mol. The lowest BCUT2D eigenvalue weighted by atomic mass is 10.5. The maximum absolute atomic E-state index is 6.72. The van der Waals surface area contributed by atoms with E-state index in [9.17, 15) is 0 Å². The summed E-state index contributed by atoms with van der Waals surface area (Å²) in [4.78, 5) is 0. The molecule has 0 bridgehead atoms. The van der Waals surface area contributed by atoms with Crippen molar-refractivity contribution < 1.29 is 1.37 Å². The Balaban J connectivity index is 2.00. The van der Waals surface area contributed by atoms with Crippen LogP contribution in [0.2, 0.25) is 0 Å². The van der Waals surface area contributed by atoms with Crippen molar-refractivity contribution in [3.05, 3.63) is 0 Å². The second-order valence-electron chi connectivity index (χ2n) is 1.44. The lowest BCUT2D eigenvalue weighted by molar-refractivity contribution is 0.983. The number of hydrogen-bond acceptors (Lipinski definition) is 0. The standard InChI is InChI=1S/C4H8/c1-4-2-3-4/h4H,2-3H2,1H3/i1D. The predicted octanol–water partition coefficient (Wildman–Crippen LogP) is 1.42. The molecule has 0 heterocycles. The molecule has 0 aliphatic heterocycles. The molecule has 1 aliphatic carbocycles. The van der Waals surface area contributed by atoms with E-state index in [0.717, 1.165) is 5.92 Å². The van der Waals surface area contributed by atoms with Gasteiger partial charge in [0, 0.05) is 1.37 Å². The van der Waals surface area contributed by atoms with Crippen molar-refractivity contribution in [2.75, 3.05) is 0 Å². The van der Waals surface area contributed by atoms with E-state index in [0.29, 0.717) is 6.90 Å². The van der Waals surface area contributed by atoms with Gasteiger partial charge in [-0.3, -0.25) is 0 Å². The van der Waals surface area contributed by atoms with Gasteiger partial charge in [-0.2, -0.15) is 0 Å². The molecule has 0 heteroatoms. The largest absolute Gasteiger partial charge is 0.0625 e. The zero-order valence-corrected chi connectivity index (χ0v) is 2.70. The summed E-state index contributed by atoms with van der Waals surface area (Å²) in [7, 11) is 0. The summed E-state index contributed by atoms with van der Waals surface area (Å²) in [5.74, 6) is 0.801. The van der Waals surface area contributed by atoms with Crippen LogP contribution in [0.4, 0.5) is 0 Å². The highest BCUT2D eigenvalue weighted by molar-refractivity contribution is 4.65. The molecular weight excluding hydrogens is 48.0 g/mol. The molecule has 0 nitrogen and oxygen atoms in total. The highest BCUT2D eigenvalue weighted by atomic mass is 14.2. The van der Waals surface area contributed by atoms with Crippen molar-refractivity contribution >= 4 is 0 Å². The molecule has 0 spiro atoms. The minimum atomic E-state index is 0.667. The van der Waals surface area contributed by atoms with Crippen molar-refractivity contribution in [2.45, 2.75) is 19.7 Å². The van der Waals surface area contributed by atoms with Crippen LogP contribution in [0.5, 0.6) is 0 Å². The van der Waals surface area contributed by atoms with Gasteiger partial charge in [0.2, 0.25) is 0 Å². The zero-order valence-electron chi connectivity index (χ0n) is 3.70. The van der Waals surface area contributed by atoms with Crippen LogP contribution in [0.3, 0.4) is 0 Å². The van der Waals surface area contributed by atoms with Crippen molar-refractivity contribution in [1.82, 2.24) is 0 Å². The van der Waals surface area contributed by atoms with Crippen molar-refractivity contribution in [2.24, 2.45) is 5.92 Å². The van der Waals surface area contributed by atoms with E-state index in [1.807, 2.05) is 0 Å². The summed E-state index contributed by atoms with van der Waals surface area (Å²) in [5, 5.41) is 0. The topological polar surface area (TPSA) is 0 Å². The molecule has 0 unspecified atom stereocenters. The first-order chi connectivity index (χ1) is 2.43. The molecule has 1 fully saturated rings. The predicted molar refractivity (Wildman–Crippen MR) is 18.4 cm³/mol. The Morgan fingerprint density at radius 1 is 2.00 bits per heavy atom. The van der Waals surface area contributed by atoms with E-state index in [4.69, 9.17) is 1.37 Å². The summed E-state index contributed by atoms with van der Waals surface area (Å²) in [6.07, 6.45) is 2.65. The molecule has 0 amide bonds. The molecule has 0 aromatic heterocycles. The minimum absolute atomic E-state index is 0.667. The fraction of sp³-hybridized carbons (Fsp3) is 1.00. The third kappa shape index (κ3) is 0.222. The highest BCUT2D eigenvalue weighted by Gasteiger charge is 2.12. The second kappa shape index (κ2) is 0.480. The molecule has 0 aromatic carbocycles. The van der Waals surface area contributed by atoms with Gasteiger partial charge in [0.25, 0.3) is 0 Å². The smallest absolute Gasteiger partial charge is 0.0233 e. The first-order valence-corrected chi connectivity index (χ1v) is 1.72. The molecular formula is C4H8. The fourth-order valence-corrected chi connectivity index (χ4v) is 0.118. The quantitative estimate of drug-likeness (QED) is 0.394. The van der Waals surface area contributed by atoms with Crippen molar-refractivity contribution in [1.29, 1.82) is 0 Å². The fourth-order valence-electron chi connectivity index (χ4n) is 0.118. The van der Waals surface area contributed by atoms with Gasteiger partial charge in [0.15, 0.2) is 0 Å². The van der Waals surface area contributed by atoms with Crippen LogP contribution >= 0.6 is 0 Å². The first kappa shape index (κ1) is 1.44. The van der Waals surface area contributed by atoms with E-state index < -0.39 is 0 Å². The Kier molecular flexibility index (Phi) is 0.173. The Hall–Kier alpha value is 0. The third-order valence-electron chi connectivity index (χ3n) is 0.697. The molecule has 1 aliphatic rings. The third-order valence-corrected chi connectivity index (χ3v) is 0.697. The Labute approximate surface area is 28.2 Å².